The van der Waals surface area contributed by atoms with Crippen LogP contribution in [0.1, 0.15) is 30.2 Å². The van der Waals surface area contributed by atoms with E-state index in [-0.39, 0.29) is 12.0 Å². The minimum atomic E-state index is 0.146. The first-order valence-corrected chi connectivity index (χ1v) is 9.76. The lowest BCUT2D eigenvalue weighted by Crippen LogP contribution is -2.37. The zero-order chi connectivity index (χ0) is 17.5. The Morgan fingerprint density at radius 3 is 2.80 bits per heavy atom. The molecule has 1 unspecified atom stereocenters. The highest BCUT2D eigenvalue weighted by Gasteiger charge is 2.23. The first-order chi connectivity index (χ1) is 12.2. The van der Waals surface area contributed by atoms with Gasteiger partial charge in [-0.05, 0) is 48.9 Å². The molecule has 2 heterocycles. The largest absolute Gasteiger partial charge is 0.494 e. The number of thiophene rings is 1. The van der Waals surface area contributed by atoms with E-state index in [4.69, 9.17) is 9.47 Å². The van der Waals surface area contributed by atoms with Gasteiger partial charge in [-0.2, -0.15) is 0 Å². The number of hydrogen-bond donors (Lipinski definition) is 0. The van der Waals surface area contributed by atoms with Crippen LogP contribution in [-0.2, 0) is 22.5 Å². The van der Waals surface area contributed by atoms with Crippen molar-refractivity contribution in [3.05, 3.63) is 52.2 Å². The standard InChI is InChI=1S/C20H25NO3S/c1-2-23-17-9-7-16(8-10-17)13-20(22)21(14-18-5-3-11-24-18)15-19-6-4-12-25-19/h4,6-10,12,18H,2-3,5,11,13-15H2,1H3. The van der Waals surface area contributed by atoms with Gasteiger partial charge < -0.3 is 14.4 Å². The van der Waals surface area contributed by atoms with Crippen molar-refractivity contribution in [2.75, 3.05) is 19.8 Å². The van der Waals surface area contributed by atoms with Gasteiger partial charge in [-0.25, -0.2) is 0 Å². The van der Waals surface area contributed by atoms with E-state index >= 15 is 0 Å². The molecule has 1 aromatic carbocycles. The molecule has 1 saturated heterocycles. The van der Waals surface area contributed by atoms with Gasteiger partial charge in [-0.1, -0.05) is 18.2 Å². The Morgan fingerprint density at radius 2 is 2.16 bits per heavy atom. The van der Waals surface area contributed by atoms with Gasteiger partial charge >= 0.3 is 0 Å². The number of ether oxygens (including phenoxy) is 2. The number of benzene rings is 1. The molecule has 0 saturated carbocycles. The van der Waals surface area contributed by atoms with Gasteiger partial charge in [-0.3, -0.25) is 4.79 Å². The molecular formula is C20H25NO3S. The summed E-state index contributed by atoms with van der Waals surface area (Å²) in [7, 11) is 0. The molecule has 0 spiro atoms. The van der Waals surface area contributed by atoms with Crippen LogP contribution in [0.4, 0.5) is 0 Å². The van der Waals surface area contributed by atoms with Crippen molar-refractivity contribution in [2.45, 2.75) is 38.8 Å². The minimum Gasteiger partial charge on any atom is -0.494 e. The average Bonchev–Trinajstić information content (AvgIpc) is 3.30. The van der Waals surface area contributed by atoms with E-state index in [0.29, 0.717) is 26.1 Å². The SMILES string of the molecule is CCOc1ccc(CC(=O)N(Cc2cccs2)CC2CCCO2)cc1. The van der Waals surface area contributed by atoms with Gasteiger partial charge in [0.05, 0.1) is 25.7 Å². The molecule has 0 radical (unpaired) electrons. The molecule has 134 valence electrons. The fourth-order valence-corrected chi connectivity index (χ4v) is 3.76. The van der Waals surface area contributed by atoms with E-state index in [1.165, 1.54) is 4.88 Å². The molecule has 0 bridgehead atoms. The summed E-state index contributed by atoms with van der Waals surface area (Å²) in [5.74, 6) is 0.988. The van der Waals surface area contributed by atoms with Crippen molar-refractivity contribution in [3.8, 4) is 5.75 Å². The molecule has 2 aromatic rings. The van der Waals surface area contributed by atoms with Crippen LogP contribution in [0.5, 0.6) is 5.75 Å². The zero-order valence-electron chi connectivity index (χ0n) is 14.6. The predicted octanol–water partition coefficient (Wildman–Crippen LogP) is 3.90. The maximum absolute atomic E-state index is 12.9. The zero-order valence-corrected chi connectivity index (χ0v) is 15.5. The Bertz CT molecular complexity index is 648. The van der Waals surface area contributed by atoms with Crippen molar-refractivity contribution >= 4 is 17.2 Å². The molecule has 1 amide bonds. The van der Waals surface area contributed by atoms with Crippen LogP contribution in [0.2, 0.25) is 0 Å². The predicted molar refractivity (Wildman–Crippen MR) is 100 cm³/mol. The van der Waals surface area contributed by atoms with Gasteiger partial charge in [0, 0.05) is 18.0 Å². The lowest BCUT2D eigenvalue weighted by atomic mass is 10.1. The molecule has 1 fully saturated rings. The molecule has 5 heteroatoms. The third-order valence-electron chi connectivity index (χ3n) is 4.32. The third kappa shape index (κ3) is 5.31. The summed E-state index contributed by atoms with van der Waals surface area (Å²) >= 11 is 1.69. The molecule has 25 heavy (non-hydrogen) atoms. The Kier molecular flexibility index (Phi) is 6.48. The summed E-state index contributed by atoms with van der Waals surface area (Å²) < 4.78 is 11.2. The lowest BCUT2D eigenvalue weighted by molar-refractivity contribution is -0.132. The van der Waals surface area contributed by atoms with E-state index < -0.39 is 0 Å². The van der Waals surface area contributed by atoms with Crippen LogP contribution >= 0.6 is 11.3 Å². The van der Waals surface area contributed by atoms with Crippen molar-refractivity contribution in [1.29, 1.82) is 0 Å². The third-order valence-corrected chi connectivity index (χ3v) is 5.18. The summed E-state index contributed by atoms with van der Waals surface area (Å²) in [6.07, 6.45) is 2.70. The summed E-state index contributed by atoms with van der Waals surface area (Å²) in [4.78, 5) is 16.0. The number of rotatable bonds is 8. The summed E-state index contributed by atoms with van der Waals surface area (Å²) in [6, 6.07) is 11.9. The number of carbonyl (C=O) groups is 1. The van der Waals surface area contributed by atoms with Crippen LogP contribution in [-0.4, -0.2) is 36.7 Å². The quantitative estimate of drug-likeness (QED) is 0.718. The van der Waals surface area contributed by atoms with Crippen LogP contribution in [0.25, 0.3) is 0 Å². The normalized spacial score (nSPS) is 16.8. The molecule has 1 aromatic heterocycles. The van der Waals surface area contributed by atoms with Gasteiger partial charge in [0.15, 0.2) is 0 Å². The maximum Gasteiger partial charge on any atom is 0.227 e. The Labute approximate surface area is 153 Å². The van der Waals surface area contributed by atoms with Crippen LogP contribution < -0.4 is 4.74 Å². The second kappa shape index (κ2) is 9.02. The summed E-state index contributed by atoms with van der Waals surface area (Å²) in [5.41, 5.74) is 1.01. The number of carbonyl (C=O) groups excluding carboxylic acids is 1. The van der Waals surface area contributed by atoms with Crippen LogP contribution in [0, 0.1) is 0 Å². The second-order valence-electron chi connectivity index (χ2n) is 6.24. The molecule has 3 rings (SSSR count). The molecule has 1 aliphatic rings. The smallest absolute Gasteiger partial charge is 0.227 e. The van der Waals surface area contributed by atoms with Crippen LogP contribution in [0.15, 0.2) is 41.8 Å². The number of nitrogens with zero attached hydrogens (tertiary/aromatic N) is 1. The van der Waals surface area contributed by atoms with Crippen molar-refractivity contribution in [2.24, 2.45) is 0 Å². The van der Waals surface area contributed by atoms with Gasteiger partial charge in [0.25, 0.3) is 0 Å². The number of amides is 1. The van der Waals surface area contributed by atoms with E-state index in [9.17, 15) is 4.79 Å². The Hall–Kier alpha value is -1.85. The average molecular weight is 359 g/mol. The fraction of sp³-hybridized carbons (Fsp3) is 0.450. The highest BCUT2D eigenvalue weighted by molar-refractivity contribution is 7.09. The number of hydrogen-bond acceptors (Lipinski definition) is 4. The molecule has 0 aliphatic carbocycles. The highest BCUT2D eigenvalue weighted by Crippen LogP contribution is 2.19. The summed E-state index contributed by atoms with van der Waals surface area (Å²) in [6.45, 7) is 4.75. The maximum atomic E-state index is 12.9. The van der Waals surface area contributed by atoms with Crippen molar-refractivity contribution < 1.29 is 14.3 Å². The van der Waals surface area contributed by atoms with Gasteiger partial charge in [-0.15, -0.1) is 11.3 Å². The summed E-state index contributed by atoms with van der Waals surface area (Å²) in [5, 5.41) is 2.05. The fourth-order valence-electron chi connectivity index (χ4n) is 3.04. The molecule has 0 N–H and O–H groups in total. The molecule has 1 aliphatic heterocycles. The van der Waals surface area contributed by atoms with E-state index in [0.717, 1.165) is 30.8 Å². The van der Waals surface area contributed by atoms with E-state index in [2.05, 4.69) is 11.4 Å². The van der Waals surface area contributed by atoms with E-state index in [1.807, 2.05) is 42.2 Å². The van der Waals surface area contributed by atoms with Gasteiger partial charge in [0.2, 0.25) is 5.91 Å². The second-order valence-corrected chi connectivity index (χ2v) is 7.27. The van der Waals surface area contributed by atoms with E-state index in [1.54, 1.807) is 11.3 Å². The topological polar surface area (TPSA) is 38.8 Å². The van der Waals surface area contributed by atoms with Crippen molar-refractivity contribution in [1.82, 2.24) is 4.90 Å². The first kappa shape index (κ1) is 18.0. The monoisotopic (exact) mass is 359 g/mol. The minimum absolute atomic E-state index is 0.146. The molecule has 4 nitrogen and oxygen atoms in total. The molecule has 1 atom stereocenters. The van der Waals surface area contributed by atoms with Crippen LogP contribution in [0.3, 0.4) is 0 Å². The lowest BCUT2D eigenvalue weighted by Gasteiger charge is -2.25. The molecular weight excluding hydrogens is 334 g/mol. The Morgan fingerprint density at radius 1 is 1.32 bits per heavy atom. The van der Waals surface area contributed by atoms with Gasteiger partial charge in [0.1, 0.15) is 5.75 Å². The first-order valence-electron chi connectivity index (χ1n) is 8.88. The van der Waals surface area contributed by atoms with Crippen molar-refractivity contribution in [3.63, 3.8) is 0 Å². The highest BCUT2D eigenvalue weighted by atomic mass is 32.1. The Balaban J connectivity index is 1.64.